The third-order valence-electron chi connectivity index (χ3n) is 4.28. The second kappa shape index (κ2) is 6.51. The van der Waals surface area contributed by atoms with Gasteiger partial charge in [0.25, 0.3) is 0 Å². The van der Waals surface area contributed by atoms with Gasteiger partial charge >= 0.3 is 0 Å². The van der Waals surface area contributed by atoms with Crippen molar-refractivity contribution in [1.82, 2.24) is 10.2 Å². The third-order valence-corrected chi connectivity index (χ3v) is 4.28. The molecule has 0 bridgehead atoms. The van der Waals surface area contributed by atoms with Gasteiger partial charge in [-0.2, -0.15) is 0 Å². The van der Waals surface area contributed by atoms with Crippen molar-refractivity contribution in [2.24, 2.45) is 11.8 Å². The zero-order valence-corrected chi connectivity index (χ0v) is 12.2. The van der Waals surface area contributed by atoms with Gasteiger partial charge < -0.3 is 5.32 Å². The monoisotopic (exact) mass is 266 g/mol. The van der Waals surface area contributed by atoms with Gasteiger partial charge in [-0.15, -0.1) is 0 Å². The molecule has 0 aromatic heterocycles. The summed E-state index contributed by atoms with van der Waals surface area (Å²) in [6, 6.07) is 0.319. The molecule has 0 aromatic rings. The van der Waals surface area contributed by atoms with Crippen LogP contribution in [0.3, 0.4) is 0 Å². The molecular weight excluding hydrogens is 240 g/mol. The minimum absolute atomic E-state index is 0.103. The Morgan fingerprint density at radius 3 is 2.79 bits per heavy atom. The minimum Gasteiger partial charge on any atom is -0.355 e. The zero-order chi connectivity index (χ0) is 13.8. The molecule has 1 aliphatic carbocycles. The second-order valence-electron chi connectivity index (χ2n) is 6.34. The van der Waals surface area contributed by atoms with Crippen LogP contribution in [0.1, 0.15) is 46.0 Å². The molecule has 1 saturated carbocycles. The Hall–Kier alpha value is -0.900. The van der Waals surface area contributed by atoms with Crippen LogP contribution in [0.4, 0.5) is 0 Å². The third kappa shape index (κ3) is 3.78. The molecule has 1 N–H and O–H groups in total. The quantitative estimate of drug-likeness (QED) is 0.822. The van der Waals surface area contributed by atoms with Gasteiger partial charge in [0.15, 0.2) is 0 Å². The highest BCUT2D eigenvalue weighted by atomic mass is 16.2. The standard InChI is InChI=1S/C15H26N2O2/c1-11(2)9-16-15(19)10-17-8-4-6-13(17)12-5-3-7-14(12)18/h11-13H,3-10H2,1-2H3,(H,16,19). The maximum Gasteiger partial charge on any atom is 0.234 e. The highest BCUT2D eigenvalue weighted by Gasteiger charge is 2.38. The van der Waals surface area contributed by atoms with Crippen molar-refractivity contribution in [3.05, 3.63) is 0 Å². The number of carbonyl (C=O) groups is 2. The van der Waals surface area contributed by atoms with E-state index in [9.17, 15) is 9.59 Å². The number of hydrogen-bond acceptors (Lipinski definition) is 3. The largest absolute Gasteiger partial charge is 0.355 e. The summed E-state index contributed by atoms with van der Waals surface area (Å²) in [7, 11) is 0. The summed E-state index contributed by atoms with van der Waals surface area (Å²) in [6.45, 7) is 6.34. The number of nitrogens with zero attached hydrogens (tertiary/aromatic N) is 1. The van der Waals surface area contributed by atoms with E-state index in [0.717, 1.165) is 45.2 Å². The summed E-state index contributed by atoms with van der Waals surface area (Å²) < 4.78 is 0. The lowest BCUT2D eigenvalue weighted by atomic mass is 9.95. The molecule has 0 spiro atoms. The normalized spacial score (nSPS) is 28.3. The van der Waals surface area contributed by atoms with E-state index in [2.05, 4.69) is 24.1 Å². The van der Waals surface area contributed by atoms with Crippen LogP contribution in [0, 0.1) is 11.8 Å². The van der Waals surface area contributed by atoms with Crippen molar-refractivity contribution < 1.29 is 9.59 Å². The molecule has 1 heterocycles. The topological polar surface area (TPSA) is 49.4 Å². The average molecular weight is 266 g/mol. The van der Waals surface area contributed by atoms with Crippen molar-refractivity contribution in [2.45, 2.75) is 52.0 Å². The van der Waals surface area contributed by atoms with Crippen molar-refractivity contribution >= 4 is 11.7 Å². The fourth-order valence-electron chi connectivity index (χ4n) is 3.31. The van der Waals surface area contributed by atoms with E-state index < -0.39 is 0 Å². The highest BCUT2D eigenvalue weighted by molar-refractivity contribution is 5.84. The van der Waals surface area contributed by atoms with Gasteiger partial charge in [-0.25, -0.2) is 0 Å². The molecule has 2 atom stereocenters. The maximum absolute atomic E-state index is 11.9. The number of rotatable bonds is 5. The first-order chi connectivity index (χ1) is 9.08. The lowest BCUT2D eigenvalue weighted by Crippen LogP contribution is -2.44. The molecular formula is C15H26N2O2. The molecule has 2 fully saturated rings. The number of Topliss-reactive ketones (excluding diaryl/α,β-unsaturated/α-hetero) is 1. The number of hydrogen-bond donors (Lipinski definition) is 1. The van der Waals surface area contributed by atoms with Crippen LogP contribution >= 0.6 is 0 Å². The first-order valence-corrected chi connectivity index (χ1v) is 7.61. The van der Waals surface area contributed by atoms with Crippen LogP contribution in [0.2, 0.25) is 0 Å². The van der Waals surface area contributed by atoms with E-state index in [0.29, 0.717) is 24.3 Å². The first-order valence-electron chi connectivity index (χ1n) is 7.61. The maximum atomic E-state index is 11.9. The van der Waals surface area contributed by atoms with E-state index >= 15 is 0 Å². The van der Waals surface area contributed by atoms with Crippen LogP contribution in [0.25, 0.3) is 0 Å². The lowest BCUT2D eigenvalue weighted by Gasteiger charge is -2.28. The number of carbonyl (C=O) groups excluding carboxylic acids is 2. The molecule has 4 heteroatoms. The fraction of sp³-hybridized carbons (Fsp3) is 0.867. The molecule has 2 aliphatic rings. The molecule has 4 nitrogen and oxygen atoms in total. The predicted molar refractivity (Wildman–Crippen MR) is 74.8 cm³/mol. The second-order valence-corrected chi connectivity index (χ2v) is 6.34. The van der Waals surface area contributed by atoms with Crippen molar-refractivity contribution in [3.8, 4) is 0 Å². The van der Waals surface area contributed by atoms with Crippen LogP contribution < -0.4 is 5.32 Å². The smallest absolute Gasteiger partial charge is 0.234 e. The van der Waals surface area contributed by atoms with Crippen molar-refractivity contribution in [3.63, 3.8) is 0 Å². The van der Waals surface area contributed by atoms with Gasteiger partial charge in [0.1, 0.15) is 5.78 Å². The van der Waals surface area contributed by atoms with Gasteiger partial charge in [-0.3, -0.25) is 14.5 Å². The van der Waals surface area contributed by atoms with E-state index in [4.69, 9.17) is 0 Å². The molecule has 1 aliphatic heterocycles. The summed E-state index contributed by atoms with van der Waals surface area (Å²) in [6.07, 6.45) is 5.00. The van der Waals surface area contributed by atoms with E-state index in [1.165, 1.54) is 0 Å². The van der Waals surface area contributed by atoms with Gasteiger partial charge in [-0.05, 0) is 38.1 Å². The summed E-state index contributed by atoms with van der Waals surface area (Å²) in [5, 5.41) is 2.97. The van der Waals surface area contributed by atoms with Crippen LogP contribution in [0.5, 0.6) is 0 Å². The molecule has 1 amide bonds. The van der Waals surface area contributed by atoms with Crippen LogP contribution in [-0.2, 0) is 9.59 Å². The van der Waals surface area contributed by atoms with E-state index in [1.807, 2.05) is 0 Å². The Morgan fingerprint density at radius 2 is 2.16 bits per heavy atom. The van der Waals surface area contributed by atoms with Gasteiger partial charge in [0.05, 0.1) is 6.54 Å². The average Bonchev–Trinajstić information content (AvgIpc) is 2.95. The summed E-state index contributed by atoms with van der Waals surface area (Å²) >= 11 is 0. The fourth-order valence-corrected chi connectivity index (χ4v) is 3.31. The number of amides is 1. The molecule has 108 valence electrons. The first kappa shape index (κ1) is 14.5. The van der Waals surface area contributed by atoms with Gasteiger partial charge in [-0.1, -0.05) is 13.8 Å². The summed E-state index contributed by atoms with van der Waals surface area (Å²) in [5.74, 6) is 1.20. The Kier molecular flexibility index (Phi) is 4.97. The Bertz CT molecular complexity index is 341. The molecule has 0 radical (unpaired) electrons. The molecule has 2 unspecified atom stereocenters. The lowest BCUT2D eigenvalue weighted by molar-refractivity contribution is -0.126. The molecule has 1 saturated heterocycles. The summed E-state index contributed by atoms with van der Waals surface area (Å²) in [4.78, 5) is 26.0. The molecule has 2 rings (SSSR count). The van der Waals surface area contributed by atoms with Crippen molar-refractivity contribution in [1.29, 1.82) is 0 Å². The summed E-state index contributed by atoms with van der Waals surface area (Å²) in [5.41, 5.74) is 0. The number of likely N-dealkylation sites (tertiary alicyclic amines) is 1. The van der Waals surface area contributed by atoms with Crippen molar-refractivity contribution in [2.75, 3.05) is 19.6 Å². The minimum atomic E-state index is 0.103. The highest BCUT2D eigenvalue weighted by Crippen LogP contribution is 2.32. The Morgan fingerprint density at radius 1 is 1.37 bits per heavy atom. The Labute approximate surface area is 115 Å². The van der Waals surface area contributed by atoms with Gasteiger partial charge in [0.2, 0.25) is 5.91 Å². The predicted octanol–water partition coefficient (Wildman–Crippen LogP) is 1.59. The Balaban J connectivity index is 1.85. The SMILES string of the molecule is CC(C)CNC(=O)CN1CCCC1C1CCCC1=O. The van der Waals surface area contributed by atoms with Crippen LogP contribution in [-0.4, -0.2) is 42.3 Å². The number of ketones is 1. The zero-order valence-electron chi connectivity index (χ0n) is 12.2. The van der Waals surface area contributed by atoms with Crippen LogP contribution in [0.15, 0.2) is 0 Å². The van der Waals surface area contributed by atoms with E-state index in [1.54, 1.807) is 0 Å². The molecule has 19 heavy (non-hydrogen) atoms. The van der Waals surface area contributed by atoms with Gasteiger partial charge in [0, 0.05) is 24.9 Å². The van der Waals surface area contributed by atoms with E-state index in [-0.39, 0.29) is 11.8 Å². The number of nitrogens with one attached hydrogen (secondary N) is 1. The molecule has 0 aromatic carbocycles.